The minimum absolute atomic E-state index is 0.105. The van der Waals surface area contributed by atoms with E-state index < -0.39 is 0 Å². The van der Waals surface area contributed by atoms with Gasteiger partial charge in [0.25, 0.3) is 5.91 Å². The second kappa shape index (κ2) is 8.04. The summed E-state index contributed by atoms with van der Waals surface area (Å²) in [5, 5.41) is 8.97. The van der Waals surface area contributed by atoms with Crippen LogP contribution >= 0.6 is 22.7 Å². The van der Waals surface area contributed by atoms with Gasteiger partial charge in [-0.15, -0.1) is 11.3 Å². The number of carbonyl (C=O) groups is 2. The normalized spacial score (nSPS) is 10.4. The monoisotopic (exact) mass is 371 g/mol. The molecule has 2 amide bonds. The Morgan fingerprint density at radius 2 is 1.96 bits per heavy atom. The summed E-state index contributed by atoms with van der Waals surface area (Å²) in [4.78, 5) is 30.8. The summed E-state index contributed by atoms with van der Waals surface area (Å²) in [5.41, 5.74) is 2.26. The van der Waals surface area contributed by atoms with Crippen molar-refractivity contribution in [3.63, 3.8) is 0 Å². The predicted molar refractivity (Wildman–Crippen MR) is 102 cm³/mol. The highest BCUT2D eigenvalue weighted by molar-refractivity contribution is 7.14. The van der Waals surface area contributed by atoms with Gasteiger partial charge in [-0.25, -0.2) is 4.98 Å². The van der Waals surface area contributed by atoms with Gasteiger partial charge < -0.3 is 5.32 Å². The zero-order valence-electron chi connectivity index (χ0n) is 13.6. The zero-order chi connectivity index (χ0) is 17.6. The Kier molecular flexibility index (Phi) is 5.57. The molecular weight excluding hydrogens is 354 g/mol. The molecule has 0 fully saturated rings. The van der Waals surface area contributed by atoms with E-state index in [1.54, 1.807) is 16.3 Å². The molecule has 0 aliphatic rings. The van der Waals surface area contributed by atoms with Gasteiger partial charge in [0.15, 0.2) is 5.13 Å². The zero-order valence-corrected chi connectivity index (χ0v) is 15.3. The maximum absolute atomic E-state index is 12.8. The maximum Gasteiger partial charge on any atom is 0.252 e. The fourth-order valence-corrected chi connectivity index (χ4v) is 3.75. The number of amides is 2. The van der Waals surface area contributed by atoms with Crippen molar-refractivity contribution in [1.82, 2.24) is 10.3 Å². The van der Waals surface area contributed by atoms with Gasteiger partial charge in [0.05, 0.1) is 11.4 Å². The molecule has 128 valence electrons. The second-order valence-corrected chi connectivity index (χ2v) is 6.97. The van der Waals surface area contributed by atoms with Gasteiger partial charge in [0.1, 0.15) is 0 Å². The van der Waals surface area contributed by atoms with Crippen LogP contribution in [-0.4, -0.2) is 23.3 Å². The molecule has 0 aliphatic heterocycles. The van der Waals surface area contributed by atoms with Gasteiger partial charge in [-0.05, 0) is 30.5 Å². The topological polar surface area (TPSA) is 62.3 Å². The number of carbonyl (C=O) groups excluding carboxylic acids is 2. The molecule has 3 rings (SSSR count). The third kappa shape index (κ3) is 4.32. The molecule has 1 N–H and O–H groups in total. The van der Waals surface area contributed by atoms with Crippen LogP contribution in [0.5, 0.6) is 0 Å². The molecule has 7 heteroatoms. The van der Waals surface area contributed by atoms with E-state index in [1.165, 1.54) is 22.7 Å². The van der Waals surface area contributed by atoms with E-state index in [9.17, 15) is 9.59 Å². The molecule has 0 radical (unpaired) electrons. The molecule has 2 heterocycles. The van der Waals surface area contributed by atoms with E-state index in [1.807, 2.05) is 48.0 Å². The van der Waals surface area contributed by atoms with Crippen LogP contribution < -0.4 is 10.2 Å². The number of benzene rings is 1. The van der Waals surface area contributed by atoms with E-state index >= 15 is 0 Å². The molecule has 5 nitrogen and oxygen atoms in total. The van der Waals surface area contributed by atoms with E-state index in [0.29, 0.717) is 10.7 Å². The predicted octanol–water partition coefficient (Wildman–Crippen LogP) is 4.00. The summed E-state index contributed by atoms with van der Waals surface area (Å²) in [6.45, 7) is 2.18. The fourth-order valence-electron chi connectivity index (χ4n) is 2.27. The quantitative estimate of drug-likeness (QED) is 0.712. The van der Waals surface area contributed by atoms with Crippen LogP contribution in [0.25, 0.3) is 0 Å². The third-order valence-corrected chi connectivity index (χ3v) is 5.10. The van der Waals surface area contributed by atoms with Gasteiger partial charge in [-0.3, -0.25) is 14.5 Å². The van der Waals surface area contributed by atoms with Crippen molar-refractivity contribution in [2.24, 2.45) is 0 Å². The first-order valence-corrected chi connectivity index (χ1v) is 9.58. The Bertz CT molecular complexity index is 844. The van der Waals surface area contributed by atoms with E-state index in [2.05, 4.69) is 10.3 Å². The minimum atomic E-state index is -0.162. The van der Waals surface area contributed by atoms with Crippen LogP contribution in [-0.2, 0) is 4.79 Å². The molecule has 0 saturated heterocycles. The van der Waals surface area contributed by atoms with Crippen LogP contribution in [0.1, 0.15) is 22.5 Å². The minimum Gasteiger partial charge on any atom is -0.351 e. The van der Waals surface area contributed by atoms with E-state index in [-0.39, 0.29) is 24.8 Å². The van der Waals surface area contributed by atoms with Gasteiger partial charge in [-0.1, -0.05) is 18.2 Å². The lowest BCUT2D eigenvalue weighted by atomic mass is 10.2. The summed E-state index contributed by atoms with van der Waals surface area (Å²) in [5.74, 6) is -0.267. The Morgan fingerprint density at radius 1 is 1.16 bits per heavy atom. The van der Waals surface area contributed by atoms with Gasteiger partial charge >= 0.3 is 0 Å². The second-order valence-electron chi connectivity index (χ2n) is 5.35. The molecule has 0 spiro atoms. The largest absolute Gasteiger partial charge is 0.351 e. The van der Waals surface area contributed by atoms with Crippen LogP contribution in [0.2, 0.25) is 0 Å². The van der Waals surface area contributed by atoms with E-state index in [0.717, 1.165) is 11.4 Å². The molecule has 0 unspecified atom stereocenters. The lowest BCUT2D eigenvalue weighted by Crippen LogP contribution is -2.31. The number of nitrogens with zero attached hydrogens (tertiary/aromatic N) is 2. The first-order chi connectivity index (χ1) is 12.1. The summed E-state index contributed by atoms with van der Waals surface area (Å²) in [7, 11) is 0. The molecule has 25 heavy (non-hydrogen) atoms. The van der Waals surface area contributed by atoms with Crippen molar-refractivity contribution in [3.8, 4) is 0 Å². The van der Waals surface area contributed by atoms with Gasteiger partial charge in [-0.2, -0.15) is 11.3 Å². The number of para-hydroxylation sites is 1. The van der Waals surface area contributed by atoms with Crippen molar-refractivity contribution in [2.45, 2.75) is 13.3 Å². The molecule has 0 atom stereocenters. The highest BCUT2D eigenvalue weighted by atomic mass is 32.1. The van der Waals surface area contributed by atoms with Crippen molar-refractivity contribution >= 4 is 45.3 Å². The number of thiophene rings is 1. The van der Waals surface area contributed by atoms with Crippen LogP contribution in [0.4, 0.5) is 10.8 Å². The van der Waals surface area contributed by atoms with Gasteiger partial charge in [0.2, 0.25) is 5.91 Å². The SMILES string of the molecule is Cc1csc(N(C(=O)CCNC(=O)c2ccsc2)c2ccccc2)n1. The summed E-state index contributed by atoms with van der Waals surface area (Å²) in [6, 6.07) is 11.2. The molecule has 0 saturated carbocycles. The Morgan fingerprint density at radius 3 is 2.60 bits per heavy atom. The molecule has 3 aromatic rings. The first kappa shape index (κ1) is 17.3. The number of hydrogen-bond donors (Lipinski definition) is 1. The molecular formula is C18H17N3O2S2. The molecule has 1 aromatic carbocycles. The number of anilines is 2. The molecule has 0 aliphatic carbocycles. The van der Waals surface area contributed by atoms with Crippen molar-refractivity contribution in [1.29, 1.82) is 0 Å². The number of thiazole rings is 1. The smallest absolute Gasteiger partial charge is 0.252 e. The first-order valence-electron chi connectivity index (χ1n) is 7.75. The average Bonchev–Trinajstić information content (AvgIpc) is 3.28. The van der Waals surface area contributed by atoms with Crippen LogP contribution in [0.15, 0.2) is 52.5 Å². The van der Waals surface area contributed by atoms with Gasteiger partial charge in [0, 0.05) is 29.3 Å². The fraction of sp³-hybridized carbons (Fsp3) is 0.167. The number of hydrogen-bond acceptors (Lipinski definition) is 5. The van der Waals surface area contributed by atoms with Crippen molar-refractivity contribution in [3.05, 3.63) is 63.8 Å². The Labute approximate surface area is 154 Å². The number of rotatable bonds is 6. The maximum atomic E-state index is 12.8. The Balaban J connectivity index is 1.68. The number of aryl methyl sites for hydroxylation is 1. The third-order valence-electron chi connectivity index (χ3n) is 3.47. The van der Waals surface area contributed by atoms with Crippen LogP contribution in [0, 0.1) is 6.92 Å². The summed E-state index contributed by atoms with van der Waals surface area (Å²) in [6.07, 6.45) is 0.198. The summed E-state index contributed by atoms with van der Waals surface area (Å²) >= 11 is 2.89. The van der Waals surface area contributed by atoms with Crippen LogP contribution in [0.3, 0.4) is 0 Å². The highest BCUT2D eigenvalue weighted by Gasteiger charge is 2.20. The molecule has 2 aromatic heterocycles. The number of aromatic nitrogens is 1. The Hall–Kier alpha value is -2.51. The highest BCUT2D eigenvalue weighted by Crippen LogP contribution is 2.29. The average molecular weight is 371 g/mol. The van der Waals surface area contributed by atoms with Crippen molar-refractivity contribution < 1.29 is 9.59 Å². The lowest BCUT2D eigenvalue weighted by Gasteiger charge is -2.20. The van der Waals surface area contributed by atoms with E-state index in [4.69, 9.17) is 0 Å². The number of nitrogens with one attached hydrogen (secondary N) is 1. The standard InChI is InChI=1S/C18H17N3O2S2/c1-13-11-25-18(20-13)21(15-5-3-2-4-6-15)16(22)7-9-19-17(23)14-8-10-24-12-14/h2-6,8,10-12H,7,9H2,1H3,(H,19,23). The lowest BCUT2D eigenvalue weighted by molar-refractivity contribution is -0.117. The van der Waals surface area contributed by atoms with Crippen molar-refractivity contribution in [2.75, 3.05) is 11.4 Å². The molecule has 0 bridgehead atoms. The summed E-state index contributed by atoms with van der Waals surface area (Å²) < 4.78 is 0.